The zero-order chi connectivity index (χ0) is 24.8. The Morgan fingerprint density at radius 1 is 1.06 bits per heavy atom. The van der Waals surface area contributed by atoms with Crippen LogP contribution in [0.3, 0.4) is 0 Å². The summed E-state index contributed by atoms with van der Waals surface area (Å²) in [6.07, 6.45) is 8.79. The van der Waals surface area contributed by atoms with Crippen molar-refractivity contribution in [2.75, 3.05) is 45.8 Å². The first-order chi connectivity index (χ1) is 16.9. The summed E-state index contributed by atoms with van der Waals surface area (Å²) < 4.78 is 23.1. The average molecular weight is 481 g/mol. The summed E-state index contributed by atoms with van der Waals surface area (Å²) in [6.45, 7) is 8.01. The minimum atomic E-state index is -0.407. The molecule has 2 aromatic rings. The number of anilines is 1. The lowest BCUT2D eigenvalue weighted by Crippen LogP contribution is -2.31. The molecule has 0 bridgehead atoms. The highest BCUT2D eigenvalue weighted by atomic mass is 16.5. The molecule has 1 amide bonds. The van der Waals surface area contributed by atoms with E-state index >= 15 is 0 Å². The number of likely N-dealkylation sites (tertiary alicyclic amines) is 1. The fourth-order valence-electron chi connectivity index (χ4n) is 4.54. The monoisotopic (exact) mass is 480 g/mol. The Labute approximate surface area is 208 Å². The van der Waals surface area contributed by atoms with Gasteiger partial charge in [-0.1, -0.05) is 6.42 Å². The Morgan fingerprint density at radius 3 is 2.60 bits per heavy atom. The molecule has 7 heteroatoms. The van der Waals surface area contributed by atoms with Crippen molar-refractivity contribution >= 4 is 17.7 Å². The number of piperidine rings is 1. The molecule has 0 unspecified atom stereocenters. The standard InChI is InChI=1S/C28H36N2O5/c1-28(2)14-13-21-23(35-28)12-10-22(26(21)33-4)27(31)29-20-9-11-24(25(19-20)32-3)34-18-8-17-30-15-6-5-7-16-30/h9-14,19H,5-8,15-18H2,1-4H3,(H,29,31). The predicted molar refractivity (Wildman–Crippen MR) is 138 cm³/mol. The maximum atomic E-state index is 13.1. The molecular weight excluding hydrogens is 444 g/mol. The molecule has 0 aromatic heterocycles. The third kappa shape index (κ3) is 6.09. The van der Waals surface area contributed by atoms with Gasteiger partial charge < -0.3 is 29.2 Å². The Morgan fingerprint density at radius 2 is 1.86 bits per heavy atom. The van der Waals surface area contributed by atoms with Crippen molar-refractivity contribution in [1.82, 2.24) is 4.90 Å². The third-order valence-corrected chi connectivity index (χ3v) is 6.38. The van der Waals surface area contributed by atoms with Gasteiger partial charge in [-0.2, -0.15) is 0 Å². The summed E-state index contributed by atoms with van der Waals surface area (Å²) in [5, 5.41) is 2.94. The molecule has 2 aliphatic rings. The largest absolute Gasteiger partial charge is 0.495 e. The topological polar surface area (TPSA) is 69.3 Å². The molecule has 4 rings (SSSR count). The molecule has 0 spiro atoms. The first-order valence-electron chi connectivity index (χ1n) is 12.3. The number of carbonyl (C=O) groups is 1. The number of nitrogens with one attached hydrogen (secondary N) is 1. The van der Waals surface area contributed by atoms with Crippen LogP contribution in [0.1, 0.15) is 55.5 Å². The lowest BCUT2D eigenvalue weighted by Gasteiger charge is -2.29. The van der Waals surface area contributed by atoms with Crippen LogP contribution in [0.2, 0.25) is 0 Å². The number of rotatable bonds is 9. The third-order valence-electron chi connectivity index (χ3n) is 6.38. The summed E-state index contributed by atoms with van der Waals surface area (Å²) in [5.41, 5.74) is 1.39. The van der Waals surface area contributed by atoms with Crippen LogP contribution in [-0.4, -0.2) is 56.9 Å². The van der Waals surface area contributed by atoms with E-state index in [0.717, 1.165) is 18.5 Å². The average Bonchev–Trinajstić information content (AvgIpc) is 2.86. The van der Waals surface area contributed by atoms with Gasteiger partial charge in [-0.25, -0.2) is 0 Å². The fraction of sp³-hybridized carbons (Fsp3) is 0.464. The van der Waals surface area contributed by atoms with Crippen molar-refractivity contribution in [2.45, 2.75) is 45.1 Å². The van der Waals surface area contributed by atoms with Crippen LogP contribution in [0.5, 0.6) is 23.0 Å². The van der Waals surface area contributed by atoms with E-state index in [1.54, 1.807) is 32.4 Å². The first-order valence-corrected chi connectivity index (χ1v) is 12.3. The van der Waals surface area contributed by atoms with E-state index in [1.165, 1.54) is 32.4 Å². The molecule has 35 heavy (non-hydrogen) atoms. The number of carbonyl (C=O) groups excluding carboxylic acids is 1. The molecule has 2 heterocycles. The first kappa shape index (κ1) is 24.9. The van der Waals surface area contributed by atoms with E-state index in [4.69, 9.17) is 18.9 Å². The SMILES string of the molecule is COc1cc(NC(=O)c2ccc3c(c2OC)C=CC(C)(C)O3)ccc1OCCCN1CCCCC1. The van der Waals surface area contributed by atoms with Gasteiger partial charge in [-0.3, -0.25) is 4.79 Å². The number of methoxy groups -OCH3 is 2. The highest BCUT2D eigenvalue weighted by molar-refractivity contribution is 6.07. The lowest BCUT2D eigenvalue weighted by atomic mass is 9.99. The van der Waals surface area contributed by atoms with Crippen LogP contribution in [0.15, 0.2) is 36.4 Å². The minimum absolute atomic E-state index is 0.278. The maximum Gasteiger partial charge on any atom is 0.259 e. The molecule has 7 nitrogen and oxygen atoms in total. The van der Waals surface area contributed by atoms with Crippen molar-refractivity contribution in [3.8, 4) is 23.0 Å². The van der Waals surface area contributed by atoms with E-state index < -0.39 is 5.60 Å². The van der Waals surface area contributed by atoms with Crippen LogP contribution in [0.4, 0.5) is 5.69 Å². The van der Waals surface area contributed by atoms with Gasteiger partial charge in [0.05, 0.1) is 32.0 Å². The fourth-order valence-corrected chi connectivity index (χ4v) is 4.54. The van der Waals surface area contributed by atoms with Gasteiger partial charge in [0, 0.05) is 18.3 Å². The Kier molecular flexibility index (Phi) is 7.86. The zero-order valence-electron chi connectivity index (χ0n) is 21.2. The molecule has 0 radical (unpaired) electrons. The summed E-state index contributed by atoms with van der Waals surface area (Å²) in [4.78, 5) is 15.6. The molecule has 2 aliphatic heterocycles. The number of hydrogen-bond donors (Lipinski definition) is 1. The number of hydrogen-bond acceptors (Lipinski definition) is 6. The van der Waals surface area contributed by atoms with Gasteiger partial charge in [-0.15, -0.1) is 0 Å². The maximum absolute atomic E-state index is 13.1. The normalized spacial score (nSPS) is 16.7. The number of benzene rings is 2. The van der Waals surface area contributed by atoms with Gasteiger partial charge >= 0.3 is 0 Å². The molecule has 1 fully saturated rings. The summed E-state index contributed by atoms with van der Waals surface area (Å²) >= 11 is 0. The second kappa shape index (κ2) is 11.0. The second-order valence-corrected chi connectivity index (χ2v) is 9.52. The summed E-state index contributed by atoms with van der Waals surface area (Å²) in [5.74, 6) is 2.14. The number of ether oxygens (including phenoxy) is 4. The van der Waals surface area contributed by atoms with Crippen LogP contribution in [-0.2, 0) is 0 Å². The quantitative estimate of drug-likeness (QED) is 0.485. The van der Waals surface area contributed by atoms with Crippen molar-refractivity contribution < 1.29 is 23.7 Å². The van der Waals surface area contributed by atoms with Crippen molar-refractivity contribution in [1.29, 1.82) is 0 Å². The van der Waals surface area contributed by atoms with E-state index in [1.807, 2.05) is 38.1 Å². The summed E-state index contributed by atoms with van der Waals surface area (Å²) in [7, 11) is 3.16. The molecule has 0 aliphatic carbocycles. The molecule has 188 valence electrons. The van der Waals surface area contributed by atoms with Crippen LogP contribution < -0.4 is 24.3 Å². The van der Waals surface area contributed by atoms with Gasteiger partial charge in [0.15, 0.2) is 11.5 Å². The number of fused-ring (bicyclic) bond motifs is 1. The Bertz CT molecular complexity index is 1070. The molecule has 1 saturated heterocycles. The van der Waals surface area contributed by atoms with Crippen molar-refractivity contribution in [3.05, 3.63) is 47.5 Å². The highest BCUT2D eigenvalue weighted by Gasteiger charge is 2.26. The Balaban J connectivity index is 1.40. The lowest BCUT2D eigenvalue weighted by molar-refractivity contribution is 0.102. The highest BCUT2D eigenvalue weighted by Crippen LogP contribution is 2.39. The van der Waals surface area contributed by atoms with E-state index in [9.17, 15) is 4.79 Å². The molecular formula is C28H36N2O5. The van der Waals surface area contributed by atoms with Gasteiger partial charge in [0.2, 0.25) is 0 Å². The van der Waals surface area contributed by atoms with Gasteiger partial charge in [0.1, 0.15) is 17.1 Å². The molecule has 0 atom stereocenters. The minimum Gasteiger partial charge on any atom is -0.495 e. The van der Waals surface area contributed by atoms with Gasteiger partial charge in [-0.05, 0) is 82.6 Å². The Hall–Kier alpha value is -3.19. The zero-order valence-corrected chi connectivity index (χ0v) is 21.2. The van der Waals surface area contributed by atoms with Crippen LogP contribution >= 0.6 is 0 Å². The van der Waals surface area contributed by atoms with E-state index in [2.05, 4.69) is 10.2 Å². The number of amides is 1. The smallest absolute Gasteiger partial charge is 0.259 e. The second-order valence-electron chi connectivity index (χ2n) is 9.52. The molecule has 1 N–H and O–H groups in total. The van der Waals surface area contributed by atoms with Gasteiger partial charge in [0.25, 0.3) is 5.91 Å². The predicted octanol–water partition coefficient (Wildman–Crippen LogP) is 5.40. The van der Waals surface area contributed by atoms with Crippen molar-refractivity contribution in [2.24, 2.45) is 0 Å². The number of nitrogens with zero attached hydrogens (tertiary/aromatic N) is 1. The molecule has 0 saturated carbocycles. The van der Waals surface area contributed by atoms with Crippen LogP contribution in [0.25, 0.3) is 6.08 Å². The summed E-state index contributed by atoms with van der Waals surface area (Å²) in [6, 6.07) is 8.95. The van der Waals surface area contributed by atoms with E-state index in [0.29, 0.717) is 40.9 Å². The van der Waals surface area contributed by atoms with E-state index in [-0.39, 0.29) is 5.91 Å². The van der Waals surface area contributed by atoms with Crippen LogP contribution in [0, 0.1) is 0 Å². The van der Waals surface area contributed by atoms with Crippen molar-refractivity contribution in [3.63, 3.8) is 0 Å². The molecule has 2 aromatic carbocycles.